The van der Waals surface area contributed by atoms with E-state index in [4.69, 9.17) is 16.7 Å². The maximum absolute atomic E-state index is 9.04. The van der Waals surface area contributed by atoms with E-state index in [-0.39, 0.29) is 0 Å². The molecule has 1 aliphatic heterocycles. The summed E-state index contributed by atoms with van der Waals surface area (Å²) in [7, 11) is 2.15. The van der Waals surface area contributed by atoms with Gasteiger partial charge in [-0.25, -0.2) is 4.98 Å². The molecule has 0 bridgehead atoms. The number of aromatic nitrogens is 1. The molecule has 0 spiro atoms. The van der Waals surface area contributed by atoms with Crippen LogP contribution in [0.3, 0.4) is 0 Å². The molecule has 7 heteroatoms. The molecule has 4 rings (SSSR count). The fourth-order valence-corrected chi connectivity index (χ4v) is 3.64. The van der Waals surface area contributed by atoms with Crippen LogP contribution in [0.1, 0.15) is 22.9 Å². The van der Waals surface area contributed by atoms with Crippen molar-refractivity contribution in [2.24, 2.45) is 5.73 Å². The van der Waals surface area contributed by atoms with Gasteiger partial charge >= 0.3 is 0 Å². The number of hydrogen-bond acceptors (Lipinski definition) is 7. The molecule has 7 nitrogen and oxygen atoms in total. The summed E-state index contributed by atoms with van der Waals surface area (Å²) in [5.41, 5.74) is 17.5. The molecule has 1 fully saturated rings. The van der Waals surface area contributed by atoms with Gasteiger partial charge in [-0.3, -0.25) is 0 Å². The van der Waals surface area contributed by atoms with E-state index in [1.807, 2.05) is 30.3 Å². The van der Waals surface area contributed by atoms with Crippen LogP contribution in [0.25, 0.3) is 10.8 Å². The Bertz CT molecular complexity index is 1110. The van der Waals surface area contributed by atoms with Crippen molar-refractivity contribution in [3.63, 3.8) is 0 Å². The lowest BCUT2D eigenvalue weighted by Crippen LogP contribution is -2.44. The number of pyridine rings is 1. The number of nitrogens with one attached hydrogen (secondary N) is 1. The monoisotopic (exact) mass is 402 g/mol. The predicted molar refractivity (Wildman–Crippen MR) is 120 cm³/mol. The van der Waals surface area contributed by atoms with Crippen LogP contribution >= 0.6 is 0 Å². The van der Waals surface area contributed by atoms with E-state index in [1.54, 1.807) is 6.20 Å². The van der Waals surface area contributed by atoms with E-state index < -0.39 is 6.17 Å². The molecular formula is C23H26N6O. The highest BCUT2D eigenvalue weighted by atomic mass is 16.5. The van der Waals surface area contributed by atoms with Gasteiger partial charge in [0.25, 0.3) is 0 Å². The summed E-state index contributed by atoms with van der Waals surface area (Å²) in [4.78, 5) is 9.05. The van der Waals surface area contributed by atoms with Crippen LogP contribution in [-0.2, 0) is 0 Å². The number of nitrogens with zero attached hydrogens (tertiary/aromatic N) is 3. The van der Waals surface area contributed by atoms with E-state index in [0.29, 0.717) is 5.82 Å². The molecule has 6 N–H and O–H groups in total. The van der Waals surface area contributed by atoms with Crippen LogP contribution in [0.4, 0.5) is 11.5 Å². The van der Waals surface area contributed by atoms with Crippen molar-refractivity contribution in [3.05, 3.63) is 65.4 Å². The molecule has 0 amide bonds. The number of benzene rings is 2. The summed E-state index contributed by atoms with van der Waals surface area (Å²) in [5, 5.41) is 10.9. The summed E-state index contributed by atoms with van der Waals surface area (Å²) in [5.74, 6) is 6.92. The molecule has 1 aromatic heterocycles. The zero-order valence-electron chi connectivity index (χ0n) is 17.0. The molecule has 2 aromatic carbocycles. The minimum atomic E-state index is -0.656. The van der Waals surface area contributed by atoms with Gasteiger partial charge in [0.05, 0.1) is 5.56 Å². The normalized spacial score (nSPS) is 15.6. The van der Waals surface area contributed by atoms with Gasteiger partial charge in [0.1, 0.15) is 12.0 Å². The average molecular weight is 403 g/mol. The molecule has 1 saturated heterocycles. The zero-order valence-corrected chi connectivity index (χ0v) is 17.0. The van der Waals surface area contributed by atoms with Crippen LogP contribution < -0.4 is 21.8 Å². The standard InChI is InChI=1S/C23H26N6O/c1-28-9-11-29(12-10-28)19-7-8-20-21(14-19)18(15-26-23(20)25)6-5-16-3-2-4-17(13-16)22(24)27-30/h2-4,7-8,13-15,22,27,30H,9-12,24H2,1H3,(H2,25,26). The average Bonchev–Trinajstić information content (AvgIpc) is 2.78. The maximum Gasteiger partial charge on any atom is 0.131 e. The molecule has 0 radical (unpaired) electrons. The fraction of sp³-hybridized carbons (Fsp3) is 0.261. The zero-order chi connectivity index (χ0) is 21.1. The molecule has 1 unspecified atom stereocenters. The summed E-state index contributed by atoms with van der Waals surface area (Å²) in [6.07, 6.45) is 1.07. The van der Waals surface area contributed by atoms with Crippen molar-refractivity contribution >= 4 is 22.3 Å². The van der Waals surface area contributed by atoms with Gasteiger partial charge in [-0.15, -0.1) is 0 Å². The number of hydrogen-bond donors (Lipinski definition) is 4. The highest BCUT2D eigenvalue weighted by Crippen LogP contribution is 2.28. The van der Waals surface area contributed by atoms with Gasteiger partial charge in [-0.05, 0) is 42.9 Å². The minimum Gasteiger partial charge on any atom is -0.383 e. The number of anilines is 2. The third-order valence-corrected chi connectivity index (χ3v) is 5.50. The van der Waals surface area contributed by atoms with Crippen molar-refractivity contribution in [3.8, 4) is 11.8 Å². The van der Waals surface area contributed by atoms with E-state index >= 15 is 0 Å². The van der Waals surface area contributed by atoms with Gasteiger partial charge in [0.15, 0.2) is 0 Å². The topological polar surface area (TPSA) is 104 Å². The van der Waals surface area contributed by atoms with E-state index in [1.165, 1.54) is 5.69 Å². The molecule has 0 saturated carbocycles. The van der Waals surface area contributed by atoms with Gasteiger partial charge in [-0.2, -0.15) is 5.48 Å². The second-order valence-corrected chi connectivity index (χ2v) is 7.56. The summed E-state index contributed by atoms with van der Waals surface area (Å²) in [6, 6.07) is 13.7. The molecule has 3 aromatic rings. The Hall–Kier alpha value is -3.15. The first kappa shape index (κ1) is 20.1. The molecule has 1 atom stereocenters. The summed E-state index contributed by atoms with van der Waals surface area (Å²) in [6.45, 7) is 4.08. The number of piperazine rings is 1. The smallest absolute Gasteiger partial charge is 0.131 e. The molecule has 2 heterocycles. The Morgan fingerprint density at radius 1 is 1.07 bits per heavy atom. The summed E-state index contributed by atoms with van der Waals surface area (Å²) < 4.78 is 0. The van der Waals surface area contributed by atoms with Gasteiger partial charge in [-0.1, -0.05) is 24.0 Å². The second-order valence-electron chi connectivity index (χ2n) is 7.56. The van der Waals surface area contributed by atoms with Gasteiger partial charge in [0, 0.05) is 54.4 Å². The number of rotatable bonds is 3. The van der Waals surface area contributed by atoms with Crippen molar-refractivity contribution < 1.29 is 5.21 Å². The van der Waals surface area contributed by atoms with Gasteiger partial charge < -0.3 is 26.5 Å². The fourth-order valence-electron chi connectivity index (χ4n) is 3.64. The number of hydroxylamine groups is 1. The third kappa shape index (κ3) is 4.22. The van der Waals surface area contributed by atoms with Crippen LogP contribution in [0, 0.1) is 11.8 Å². The quantitative estimate of drug-likeness (QED) is 0.301. The Kier molecular flexibility index (Phi) is 5.84. The molecule has 30 heavy (non-hydrogen) atoms. The van der Waals surface area contributed by atoms with Crippen molar-refractivity contribution in [2.75, 3.05) is 43.9 Å². The van der Waals surface area contributed by atoms with E-state index in [9.17, 15) is 0 Å². The SMILES string of the molecule is CN1CCN(c2ccc3c(N)ncc(C#Cc4cccc(C(N)NO)c4)c3c2)CC1. The molecular weight excluding hydrogens is 376 g/mol. The Balaban J connectivity index is 1.70. The Morgan fingerprint density at radius 3 is 2.63 bits per heavy atom. The third-order valence-electron chi connectivity index (χ3n) is 5.50. The second kappa shape index (κ2) is 8.69. The lowest BCUT2D eigenvalue weighted by atomic mass is 10.0. The first-order valence-corrected chi connectivity index (χ1v) is 9.94. The molecule has 0 aliphatic carbocycles. The number of nitrogens with two attached hydrogens (primary N) is 2. The van der Waals surface area contributed by atoms with Crippen molar-refractivity contribution in [1.29, 1.82) is 0 Å². The molecule has 154 valence electrons. The van der Waals surface area contributed by atoms with E-state index in [2.05, 4.69) is 51.3 Å². The first-order valence-electron chi connectivity index (χ1n) is 9.94. The van der Waals surface area contributed by atoms with Crippen LogP contribution in [0.5, 0.6) is 0 Å². The van der Waals surface area contributed by atoms with E-state index in [0.717, 1.165) is 53.6 Å². The van der Waals surface area contributed by atoms with Gasteiger partial charge in [0.2, 0.25) is 0 Å². The summed E-state index contributed by atoms with van der Waals surface area (Å²) >= 11 is 0. The number of likely N-dealkylation sites (N-methyl/N-ethyl adjacent to an activating group) is 1. The van der Waals surface area contributed by atoms with Crippen LogP contribution in [0.15, 0.2) is 48.7 Å². The predicted octanol–water partition coefficient (Wildman–Crippen LogP) is 1.90. The highest BCUT2D eigenvalue weighted by Gasteiger charge is 2.15. The lowest BCUT2D eigenvalue weighted by molar-refractivity contribution is 0.128. The van der Waals surface area contributed by atoms with Crippen LogP contribution in [-0.4, -0.2) is 48.3 Å². The number of fused-ring (bicyclic) bond motifs is 1. The highest BCUT2D eigenvalue weighted by molar-refractivity contribution is 5.97. The van der Waals surface area contributed by atoms with Crippen molar-refractivity contribution in [1.82, 2.24) is 15.4 Å². The number of nitrogen functional groups attached to an aromatic ring is 1. The van der Waals surface area contributed by atoms with Crippen molar-refractivity contribution in [2.45, 2.75) is 6.17 Å². The minimum absolute atomic E-state index is 0.502. The Labute approximate surface area is 176 Å². The Morgan fingerprint density at radius 2 is 1.87 bits per heavy atom. The first-order chi connectivity index (χ1) is 14.5. The van der Waals surface area contributed by atoms with Crippen LogP contribution in [0.2, 0.25) is 0 Å². The maximum atomic E-state index is 9.04. The molecule has 1 aliphatic rings. The largest absolute Gasteiger partial charge is 0.383 e. The lowest BCUT2D eigenvalue weighted by Gasteiger charge is -2.34.